The first-order valence-corrected chi connectivity index (χ1v) is 11.6. The van der Waals surface area contributed by atoms with Crippen LogP contribution in [0.15, 0.2) is 40.9 Å². The molecule has 0 aliphatic rings. The Balaban J connectivity index is 1.94. The number of nitrogens with one attached hydrogen (secondary N) is 2. The van der Waals surface area contributed by atoms with Crippen molar-refractivity contribution < 1.29 is 9.53 Å². The summed E-state index contributed by atoms with van der Waals surface area (Å²) < 4.78 is 6.10. The third-order valence-electron chi connectivity index (χ3n) is 4.88. The van der Waals surface area contributed by atoms with Crippen LogP contribution in [-0.2, 0) is 6.54 Å². The molecule has 0 unspecified atom stereocenters. The van der Waals surface area contributed by atoms with Crippen LogP contribution < -0.4 is 15.4 Å². The van der Waals surface area contributed by atoms with E-state index in [0.29, 0.717) is 40.6 Å². The number of benzene rings is 2. The lowest BCUT2D eigenvalue weighted by atomic mass is 10.1. The summed E-state index contributed by atoms with van der Waals surface area (Å²) in [6.45, 7) is 1.85. The van der Waals surface area contributed by atoms with Gasteiger partial charge in [-0.3, -0.25) is 4.79 Å². The van der Waals surface area contributed by atoms with Gasteiger partial charge in [-0.25, -0.2) is 4.98 Å². The molecule has 0 saturated heterocycles. The fourth-order valence-electron chi connectivity index (χ4n) is 3.29. The number of halogens is 3. The van der Waals surface area contributed by atoms with Crippen LogP contribution in [0.1, 0.15) is 22.3 Å². The molecule has 0 bridgehead atoms. The quantitative estimate of drug-likeness (QED) is 0.273. The van der Waals surface area contributed by atoms with E-state index in [2.05, 4.69) is 36.4 Å². The molecule has 0 saturated carbocycles. The van der Waals surface area contributed by atoms with Gasteiger partial charge in [-0.05, 0) is 63.0 Å². The summed E-state index contributed by atoms with van der Waals surface area (Å²) in [6.07, 6.45) is 0.829. The maximum absolute atomic E-state index is 13.1. The zero-order chi connectivity index (χ0) is 23.3. The highest BCUT2D eigenvalue weighted by Crippen LogP contribution is 2.34. The van der Waals surface area contributed by atoms with E-state index in [1.165, 1.54) is 0 Å². The van der Waals surface area contributed by atoms with Crippen LogP contribution in [-0.4, -0.2) is 50.1 Å². The Labute approximate surface area is 206 Å². The van der Waals surface area contributed by atoms with E-state index in [-0.39, 0.29) is 11.1 Å². The maximum Gasteiger partial charge on any atom is 0.256 e. The van der Waals surface area contributed by atoms with Gasteiger partial charge < -0.3 is 20.3 Å². The highest BCUT2D eigenvalue weighted by Gasteiger charge is 2.20. The smallest absolute Gasteiger partial charge is 0.256 e. The van der Waals surface area contributed by atoms with Gasteiger partial charge in [0.15, 0.2) is 0 Å². The van der Waals surface area contributed by atoms with Crippen molar-refractivity contribution in [2.24, 2.45) is 0 Å². The minimum Gasteiger partial charge on any atom is -0.495 e. The highest BCUT2D eigenvalue weighted by atomic mass is 79.9. The van der Waals surface area contributed by atoms with Crippen molar-refractivity contribution in [2.75, 3.05) is 39.6 Å². The molecule has 0 atom stereocenters. The summed E-state index contributed by atoms with van der Waals surface area (Å²) >= 11 is 16.3. The molecule has 1 amide bonds. The molecule has 2 aromatic carbocycles. The molecular weight excluding hydrogens is 515 g/mol. The fraction of sp³-hybridized carbons (Fsp3) is 0.304. The number of hydrogen-bond acceptors (Lipinski definition) is 5. The zero-order valence-electron chi connectivity index (χ0n) is 18.1. The number of methoxy groups -OCH3 is 1. The molecule has 3 rings (SSSR count). The predicted molar refractivity (Wildman–Crippen MR) is 135 cm³/mol. The lowest BCUT2D eigenvalue weighted by Gasteiger charge is -2.17. The fourth-order valence-corrected chi connectivity index (χ4v) is 4.20. The van der Waals surface area contributed by atoms with E-state index < -0.39 is 0 Å². The van der Waals surface area contributed by atoms with Crippen LogP contribution >= 0.6 is 39.1 Å². The standard InChI is InChI=1S/C23H25BrCl2N4O2/c1-30(2)10-4-9-27-23(31)20-21(16-12-15(24)6-7-18(16)29-22(20)26)28-13-14-5-8-19(32-3)17(25)11-14/h5-8,11-12H,4,9-10,13H2,1-3H3,(H,27,31)(H,28,29). The molecule has 0 fully saturated rings. The molecular formula is C23H25BrCl2N4O2. The first-order valence-electron chi connectivity index (χ1n) is 10.1. The van der Waals surface area contributed by atoms with Gasteiger partial charge in [-0.1, -0.05) is 45.2 Å². The number of aromatic nitrogens is 1. The molecule has 0 aliphatic carbocycles. The van der Waals surface area contributed by atoms with Gasteiger partial charge in [0.05, 0.1) is 23.3 Å². The van der Waals surface area contributed by atoms with Crippen LogP contribution in [0.2, 0.25) is 10.2 Å². The molecule has 32 heavy (non-hydrogen) atoms. The zero-order valence-corrected chi connectivity index (χ0v) is 21.2. The van der Waals surface area contributed by atoms with Crippen LogP contribution in [0, 0.1) is 0 Å². The van der Waals surface area contributed by atoms with Crippen molar-refractivity contribution >= 4 is 61.6 Å². The maximum atomic E-state index is 13.1. The molecule has 2 N–H and O–H groups in total. The van der Waals surface area contributed by atoms with Gasteiger partial charge in [0, 0.05) is 22.9 Å². The summed E-state index contributed by atoms with van der Waals surface area (Å²) in [4.78, 5) is 19.6. The molecule has 6 nitrogen and oxygen atoms in total. The predicted octanol–water partition coefficient (Wildman–Crippen LogP) is 5.61. The summed E-state index contributed by atoms with van der Waals surface area (Å²) in [5, 5.41) is 7.80. The van der Waals surface area contributed by atoms with Crippen molar-refractivity contribution in [3.8, 4) is 5.75 Å². The monoisotopic (exact) mass is 538 g/mol. The van der Waals surface area contributed by atoms with Gasteiger partial charge in [0.1, 0.15) is 16.5 Å². The van der Waals surface area contributed by atoms with E-state index in [4.69, 9.17) is 27.9 Å². The number of pyridine rings is 1. The second kappa shape index (κ2) is 11.2. The Hall–Kier alpha value is -2.06. The number of anilines is 1. The Morgan fingerprint density at radius 2 is 1.97 bits per heavy atom. The van der Waals surface area contributed by atoms with Crippen molar-refractivity contribution in [1.82, 2.24) is 15.2 Å². The minimum absolute atomic E-state index is 0.153. The van der Waals surface area contributed by atoms with Crippen molar-refractivity contribution in [3.63, 3.8) is 0 Å². The molecule has 170 valence electrons. The number of rotatable bonds is 9. The number of ether oxygens (including phenoxy) is 1. The summed E-state index contributed by atoms with van der Waals surface area (Å²) in [5.74, 6) is 0.341. The molecule has 3 aromatic rings. The van der Waals surface area contributed by atoms with E-state index in [1.54, 1.807) is 7.11 Å². The highest BCUT2D eigenvalue weighted by molar-refractivity contribution is 9.10. The third-order valence-corrected chi connectivity index (χ3v) is 5.95. The molecule has 1 heterocycles. The summed E-state index contributed by atoms with van der Waals surface area (Å²) in [5.41, 5.74) is 2.57. The van der Waals surface area contributed by atoms with Crippen LogP contribution in [0.25, 0.3) is 10.9 Å². The van der Waals surface area contributed by atoms with Gasteiger partial charge >= 0.3 is 0 Å². The number of carbonyl (C=O) groups excluding carboxylic acids is 1. The lowest BCUT2D eigenvalue weighted by molar-refractivity contribution is 0.0953. The van der Waals surface area contributed by atoms with Crippen molar-refractivity contribution in [2.45, 2.75) is 13.0 Å². The Morgan fingerprint density at radius 3 is 2.66 bits per heavy atom. The average molecular weight is 540 g/mol. The van der Waals surface area contributed by atoms with Crippen molar-refractivity contribution in [3.05, 3.63) is 62.2 Å². The summed E-state index contributed by atoms with van der Waals surface area (Å²) in [6, 6.07) is 11.2. The molecule has 9 heteroatoms. The first kappa shape index (κ1) is 24.6. The number of fused-ring (bicyclic) bond motifs is 1. The van der Waals surface area contributed by atoms with Gasteiger partial charge in [0.2, 0.25) is 0 Å². The molecule has 0 radical (unpaired) electrons. The number of nitrogens with zero attached hydrogens (tertiary/aromatic N) is 2. The van der Waals surface area contributed by atoms with Crippen LogP contribution in [0.3, 0.4) is 0 Å². The molecule has 1 aromatic heterocycles. The third kappa shape index (κ3) is 6.04. The van der Waals surface area contributed by atoms with Gasteiger partial charge in [-0.2, -0.15) is 0 Å². The summed E-state index contributed by atoms with van der Waals surface area (Å²) in [7, 11) is 5.57. The molecule has 0 aliphatic heterocycles. The number of carbonyl (C=O) groups is 1. The Morgan fingerprint density at radius 1 is 1.19 bits per heavy atom. The van der Waals surface area contributed by atoms with E-state index in [0.717, 1.165) is 28.4 Å². The van der Waals surface area contributed by atoms with Crippen LogP contribution in [0.5, 0.6) is 5.75 Å². The normalized spacial score (nSPS) is 11.1. The van der Waals surface area contributed by atoms with Crippen molar-refractivity contribution in [1.29, 1.82) is 0 Å². The second-order valence-corrected chi connectivity index (χ2v) is 9.23. The SMILES string of the molecule is COc1ccc(CNc2c(C(=O)NCCCN(C)C)c(Cl)nc3ccc(Br)cc23)cc1Cl. The lowest BCUT2D eigenvalue weighted by Crippen LogP contribution is -2.28. The van der Waals surface area contributed by atoms with E-state index in [9.17, 15) is 4.79 Å². The largest absolute Gasteiger partial charge is 0.495 e. The van der Waals surface area contributed by atoms with E-state index in [1.807, 2.05) is 50.5 Å². The Bertz CT molecular complexity index is 1120. The number of hydrogen-bond donors (Lipinski definition) is 2. The van der Waals surface area contributed by atoms with Gasteiger partial charge in [0.25, 0.3) is 5.91 Å². The van der Waals surface area contributed by atoms with Crippen LogP contribution in [0.4, 0.5) is 5.69 Å². The Kier molecular flexibility index (Phi) is 8.59. The number of amides is 1. The second-order valence-electron chi connectivity index (χ2n) is 7.55. The molecule has 0 spiro atoms. The van der Waals surface area contributed by atoms with E-state index >= 15 is 0 Å². The minimum atomic E-state index is -0.265. The topological polar surface area (TPSA) is 66.5 Å². The first-order chi connectivity index (χ1) is 15.3. The van der Waals surface area contributed by atoms with Gasteiger partial charge in [-0.15, -0.1) is 0 Å². The average Bonchev–Trinajstić information content (AvgIpc) is 2.75.